The number of aromatic nitrogens is 2. The molecule has 0 aliphatic heterocycles. The van der Waals surface area contributed by atoms with Gasteiger partial charge in [0.2, 0.25) is 0 Å². The molecule has 0 saturated carbocycles. The average Bonchev–Trinajstić information content (AvgIpc) is 2.60. The molecule has 3 N–H and O–H groups in total. The molecule has 5 nitrogen and oxygen atoms in total. The van der Waals surface area contributed by atoms with E-state index in [4.69, 9.17) is 5.73 Å². The van der Waals surface area contributed by atoms with Crippen LogP contribution in [0.2, 0.25) is 0 Å². The molecule has 1 heterocycles. The largest absolute Gasteiger partial charge is 0.394 e. The quantitative estimate of drug-likeness (QED) is 0.538. The topological polar surface area (TPSA) is 80.9 Å². The zero-order valence-electron chi connectivity index (χ0n) is 13.1. The van der Waals surface area contributed by atoms with Crippen LogP contribution in [0.1, 0.15) is 17.3 Å². The molecule has 0 aliphatic rings. The molecule has 0 atom stereocenters. The number of nitrogens with two attached hydrogens (primary N) is 1. The van der Waals surface area contributed by atoms with E-state index in [9.17, 15) is 4.79 Å². The van der Waals surface area contributed by atoms with Gasteiger partial charge in [0.05, 0.1) is 0 Å². The van der Waals surface area contributed by atoms with Gasteiger partial charge in [-0.05, 0) is 31.2 Å². The molecule has 6 heteroatoms. The summed E-state index contributed by atoms with van der Waals surface area (Å²) >= 11 is 1.48. The monoisotopic (exact) mass is 336 g/mol. The number of hydrogen-bond acceptors (Lipinski definition) is 6. The summed E-state index contributed by atoms with van der Waals surface area (Å²) in [7, 11) is 0. The summed E-state index contributed by atoms with van der Waals surface area (Å²) in [4.78, 5) is 21.0. The Hall–Kier alpha value is -2.86. The zero-order valence-corrected chi connectivity index (χ0v) is 13.9. The Labute approximate surface area is 144 Å². The van der Waals surface area contributed by atoms with E-state index in [1.807, 2.05) is 42.5 Å². The van der Waals surface area contributed by atoms with E-state index in [2.05, 4.69) is 15.3 Å². The molecule has 0 bridgehead atoms. The molecule has 0 spiro atoms. The lowest BCUT2D eigenvalue weighted by Gasteiger charge is -2.11. The summed E-state index contributed by atoms with van der Waals surface area (Å²) in [6, 6.07) is 17.1. The minimum atomic E-state index is 0.00892. The molecule has 0 radical (unpaired) electrons. The molecule has 0 aliphatic carbocycles. The summed E-state index contributed by atoms with van der Waals surface area (Å²) in [6.07, 6.45) is 1.47. The fourth-order valence-electron chi connectivity index (χ4n) is 2.11. The first-order valence-corrected chi connectivity index (χ1v) is 8.16. The van der Waals surface area contributed by atoms with Crippen LogP contribution in [0.25, 0.3) is 0 Å². The first kappa shape index (κ1) is 16.0. The van der Waals surface area contributed by atoms with Gasteiger partial charge in [0, 0.05) is 16.1 Å². The van der Waals surface area contributed by atoms with Crippen LogP contribution in [0.15, 0.2) is 70.8 Å². The zero-order chi connectivity index (χ0) is 16.9. The van der Waals surface area contributed by atoms with E-state index >= 15 is 0 Å². The summed E-state index contributed by atoms with van der Waals surface area (Å²) in [5.41, 5.74) is 8.06. The Morgan fingerprint density at radius 2 is 1.88 bits per heavy atom. The van der Waals surface area contributed by atoms with Crippen molar-refractivity contribution < 1.29 is 4.79 Å². The molecule has 24 heavy (non-hydrogen) atoms. The van der Waals surface area contributed by atoms with E-state index in [1.165, 1.54) is 25.0 Å². The van der Waals surface area contributed by atoms with E-state index in [1.54, 1.807) is 12.1 Å². The molecular formula is C18H16N4OS. The molecule has 0 amide bonds. The summed E-state index contributed by atoms with van der Waals surface area (Å²) < 4.78 is 0. The molecule has 120 valence electrons. The molecule has 3 aromatic rings. The lowest BCUT2D eigenvalue weighted by atomic mass is 10.1. The second-order valence-electron chi connectivity index (χ2n) is 5.12. The first-order valence-electron chi connectivity index (χ1n) is 7.35. The number of anilines is 3. The van der Waals surface area contributed by atoms with E-state index in [0.717, 1.165) is 10.6 Å². The van der Waals surface area contributed by atoms with Crippen molar-refractivity contribution in [3.8, 4) is 0 Å². The number of nitrogens with zero attached hydrogens (tertiary/aromatic N) is 2. The Morgan fingerprint density at radius 1 is 1.08 bits per heavy atom. The minimum absolute atomic E-state index is 0.00892. The molecule has 3 rings (SSSR count). The standard InChI is InChI=1S/C18H16N4OS/c1-12(23)13-6-5-7-14(10-13)22-17-16(19)18(21-11-20-17)24-15-8-3-2-4-9-15/h2-11H,19H2,1H3,(H,20,21,22). The van der Waals surface area contributed by atoms with Gasteiger partial charge in [-0.1, -0.05) is 42.1 Å². The molecule has 0 saturated heterocycles. The molecular weight excluding hydrogens is 320 g/mol. The smallest absolute Gasteiger partial charge is 0.159 e. The Kier molecular flexibility index (Phi) is 4.77. The van der Waals surface area contributed by atoms with E-state index in [0.29, 0.717) is 22.1 Å². The van der Waals surface area contributed by atoms with Crippen LogP contribution in [0.5, 0.6) is 0 Å². The highest BCUT2D eigenvalue weighted by atomic mass is 32.2. The fraction of sp³-hybridized carbons (Fsp3) is 0.0556. The lowest BCUT2D eigenvalue weighted by molar-refractivity contribution is 0.101. The van der Waals surface area contributed by atoms with Crippen molar-refractivity contribution in [2.45, 2.75) is 16.8 Å². The van der Waals surface area contributed by atoms with Gasteiger partial charge in [0.25, 0.3) is 0 Å². The summed E-state index contributed by atoms with van der Waals surface area (Å²) in [5, 5.41) is 3.83. The number of nitrogen functional groups attached to an aromatic ring is 1. The van der Waals surface area contributed by atoms with Gasteiger partial charge in [-0.25, -0.2) is 9.97 Å². The van der Waals surface area contributed by atoms with Gasteiger partial charge >= 0.3 is 0 Å². The predicted molar refractivity (Wildman–Crippen MR) is 96.7 cm³/mol. The molecule has 1 aromatic heterocycles. The van der Waals surface area contributed by atoms with Crippen LogP contribution >= 0.6 is 11.8 Å². The minimum Gasteiger partial charge on any atom is -0.394 e. The number of carbonyl (C=O) groups excluding carboxylic acids is 1. The van der Waals surface area contributed by atoms with Gasteiger partial charge in [0.1, 0.15) is 17.0 Å². The Morgan fingerprint density at radius 3 is 2.62 bits per heavy atom. The third kappa shape index (κ3) is 3.72. The van der Waals surface area contributed by atoms with Crippen molar-refractivity contribution in [3.05, 3.63) is 66.5 Å². The van der Waals surface area contributed by atoms with Crippen LogP contribution in [0.3, 0.4) is 0 Å². The molecule has 0 unspecified atom stereocenters. The van der Waals surface area contributed by atoms with Crippen LogP contribution < -0.4 is 11.1 Å². The highest BCUT2D eigenvalue weighted by Gasteiger charge is 2.10. The number of rotatable bonds is 5. The molecule has 2 aromatic carbocycles. The van der Waals surface area contributed by atoms with E-state index < -0.39 is 0 Å². The van der Waals surface area contributed by atoms with Gasteiger partial charge in [-0.15, -0.1) is 0 Å². The SMILES string of the molecule is CC(=O)c1cccc(Nc2ncnc(Sc3ccccc3)c2N)c1. The third-order valence-corrected chi connectivity index (χ3v) is 4.36. The third-order valence-electron chi connectivity index (χ3n) is 3.34. The number of ketones is 1. The first-order chi connectivity index (χ1) is 11.6. The maximum absolute atomic E-state index is 11.5. The lowest BCUT2D eigenvalue weighted by Crippen LogP contribution is -2.03. The van der Waals surface area contributed by atoms with Crippen LogP contribution in [0.4, 0.5) is 17.2 Å². The van der Waals surface area contributed by atoms with Crippen LogP contribution in [-0.2, 0) is 0 Å². The van der Waals surface area contributed by atoms with E-state index in [-0.39, 0.29) is 5.78 Å². The highest BCUT2D eigenvalue weighted by Crippen LogP contribution is 2.33. The summed E-state index contributed by atoms with van der Waals surface area (Å²) in [6.45, 7) is 1.53. The van der Waals surface area contributed by atoms with Crippen molar-refractivity contribution >= 4 is 34.7 Å². The fourth-order valence-corrected chi connectivity index (χ4v) is 2.94. The second-order valence-corrected chi connectivity index (χ2v) is 6.18. The van der Waals surface area contributed by atoms with Gasteiger partial charge < -0.3 is 11.1 Å². The van der Waals surface area contributed by atoms with Crippen molar-refractivity contribution in [2.75, 3.05) is 11.1 Å². The number of nitrogens with one attached hydrogen (secondary N) is 1. The van der Waals surface area contributed by atoms with Crippen LogP contribution in [-0.4, -0.2) is 15.8 Å². The Bertz CT molecular complexity index is 868. The summed E-state index contributed by atoms with van der Waals surface area (Å²) in [5.74, 6) is 0.527. The number of Topliss-reactive ketones (excluding diaryl/α,β-unsaturated/α-hetero) is 1. The number of carbonyl (C=O) groups is 1. The normalized spacial score (nSPS) is 10.4. The maximum atomic E-state index is 11.5. The van der Waals surface area contributed by atoms with Crippen molar-refractivity contribution in [2.24, 2.45) is 0 Å². The molecule has 0 fully saturated rings. The maximum Gasteiger partial charge on any atom is 0.159 e. The number of benzene rings is 2. The van der Waals surface area contributed by atoms with Gasteiger partial charge in [-0.2, -0.15) is 0 Å². The predicted octanol–water partition coefficient (Wildman–Crippen LogP) is 4.16. The van der Waals surface area contributed by atoms with Crippen molar-refractivity contribution in [3.63, 3.8) is 0 Å². The number of hydrogen-bond donors (Lipinski definition) is 2. The van der Waals surface area contributed by atoms with Gasteiger partial charge in [-0.3, -0.25) is 4.79 Å². The van der Waals surface area contributed by atoms with Crippen molar-refractivity contribution in [1.82, 2.24) is 9.97 Å². The highest BCUT2D eigenvalue weighted by molar-refractivity contribution is 7.99. The average molecular weight is 336 g/mol. The van der Waals surface area contributed by atoms with Gasteiger partial charge in [0.15, 0.2) is 11.6 Å². The van der Waals surface area contributed by atoms with Crippen molar-refractivity contribution in [1.29, 1.82) is 0 Å². The van der Waals surface area contributed by atoms with Crippen LogP contribution in [0, 0.1) is 0 Å². The second kappa shape index (κ2) is 7.14. The Balaban J connectivity index is 1.85.